The van der Waals surface area contributed by atoms with Gasteiger partial charge in [-0.05, 0) is 18.6 Å². The molecule has 2 saturated heterocycles. The van der Waals surface area contributed by atoms with Crippen LogP contribution in [0.2, 0.25) is 0 Å². The topological polar surface area (TPSA) is 126 Å². The van der Waals surface area contributed by atoms with Crippen molar-refractivity contribution in [3.05, 3.63) is 18.2 Å². The lowest BCUT2D eigenvalue weighted by Crippen LogP contribution is -2.58. The van der Waals surface area contributed by atoms with E-state index in [0.29, 0.717) is 50.6 Å². The van der Waals surface area contributed by atoms with Crippen molar-refractivity contribution < 1.29 is 29.0 Å². The fourth-order valence-electron chi connectivity index (χ4n) is 4.04. The molecule has 0 aromatic heterocycles. The van der Waals surface area contributed by atoms with Crippen molar-refractivity contribution in [3.63, 3.8) is 0 Å². The number of aliphatic hydroxyl groups is 1. The van der Waals surface area contributed by atoms with E-state index in [9.17, 15) is 14.4 Å². The van der Waals surface area contributed by atoms with Crippen molar-refractivity contribution in [2.75, 3.05) is 49.2 Å². The third kappa shape index (κ3) is 3.80. The van der Waals surface area contributed by atoms with E-state index in [-0.39, 0.29) is 24.5 Å². The first-order chi connectivity index (χ1) is 14.0. The third-order valence-electron chi connectivity index (χ3n) is 5.55. The minimum Gasteiger partial charge on any atom is -0.489 e. The second kappa shape index (κ2) is 7.78. The van der Waals surface area contributed by atoms with Gasteiger partial charge in [-0.15, -0.1) is 0 Å². The number of nitrogens with two attached hydrogens (primary N) is 1. The molecule has 2 fully saturated rings. The lowest BCUT2D eigenvalue weighted by atomic mass is 10.1. The number of piperazine rings is 1. The first kappa shape index (κ1) is 19.3. The molecule has 0 spiro atoms. The SMILES string of the molecule is NC(=O)CC[C@H]1CN(c2ccc3c(c2)OCC2CN(C(=O)CO)CCN32)C(=O)O1. The van der Waals surface area contributed by atoms with Crippen molar-refractivity contribution in [2.45, 2.75) is 25.0 Å². The third-order valence-corrected chi connectivity index (χ3v) is 5.55. The second-order valence-electron chi connectivity index (χ2n) is 7.43. The number of amides is 3. The average molecular weight is 404 g/mol. The van der Waals surface area contributed by atoms with Gasteiger partial charge in [0.25, 0.3) is 0 Å². The Labute approximate surface area is 167 Å². The van der Waals surface area contributed by atoms with Gasteiger partial charge in [-0.3, -0.25) is 14.5 Å². The van der Waals surface area contributed by atoms with E-state index >= 15 is 0 Å². The minimum atomic E-state index is -0.486. The van der Waals surface area contributed by atoms with E-state index in [0.717, 1.165) is 5.69 Å². The maximum atomic E-state index is 12.2. The van der Waals surface area contributed by atoms with Crippen LogP contribution in [-0.2, 0) is 14.3 Å². The Morgan fingerprint density at radius 1 is 1.24 bits per heavy atom. The zero-order valence-electron chi connectivity index (χ0n) is 16.0. The Balaban J connectivity index is 1.46. The van der Waals surface area contributed by atoms with Crippen LogP contribution in [0.4, 0.5) is 16.2 Å². The number of fused-ring (bicyclic) bond motifs is 3. The van der Waals surface area contributed by atoms with Crippen LogP contribution >= 0.6 is 0 Å². The molecule has 3 heterocycles. The van der Waals surface area contributed by atoms with Crippen LogP contribution in [0.1, 0.15) is 12.8 Å². The number of cyclic esters (lactones) is 1. The molecule has 3 aliphatic heterocycles. The van der Waals surface area contributed by atoms with Gasteiger partial charge >= 0.3 is 6.09 Å². The summed E-state index contributed by atoms with van der Waals surface area (Å²) in [7, 11) is 0. The number of primary amides is 1. The van der Waals surface area contributed by atoms with E-state index in [1.807, 2.05) is 18.2 Å². The number of carbonyl (C=O) groups is 3. The first-order valence-corrected chi connectivity index (χ1v) is 9.65. The van der Waals surface area contributed by atoms with Crippen LogP contribution in [0.25, 0.3) is 0 Å². The van der Waals surface area contributed by atoms with Crippen LogP contribution in [0, 0.1) is 0 Å². The number of hydrogen-bond acceptors (Lipinski definition) is 7. The van der Waals surface area contributed by atoms with Gasteiger partial charge in [0, 0.05) is 32.1 Å². The highest BCUT2D eigenvalue weighted by Gasteiger charge is 2.36. The molecule has 0 saturated carbocycles. The van der Waals surface area contributed by atoms with Gasteiger partial charge in [-0.1, -0.05) is 0 Å². The van der Waals surface area contributed by atoms with Gasteiger partial charge < -0.3 is 30.1 Å². The molecule has 1 unspecified atom stereocenters. The Morgan fingerprint density at radius 3 is 2.83 bits per heavy atom. The number of aliphatic hydroxyl groups excluding tert-OH is 1. The number of hydrogen-bond donors (Lipinski definition) is 2. The molecule has 3 amide bonds. The van der Waals surface area contributed by atoms with Crippen LogP contribution < -0.4 is 20.3 Å². The molecule has 3 aliphatic rings. The summed E-state index contributed by atoms with van der Waals surface area (Å²) < 4.78 is 11.2. The number of benzene rings is 1. The van der Waals surface area contributed by atoms with Crippen LogP contribution in [0.3, 0.4) is 0 Å². The summed E-state index contributed by atoms with van der Waals surface area (Å²) in [5.41, 5.74) is 6.75. The largest absolute Gasteiger partial charge is 0.489 e. The first-order valence-electron chi connectivity index (χ1n) is 9.65. The Bertz CT molecular complexity index is 831. The van der Waals surface area contributed by atoms with Crippen LogP contribution in [0.5, 0.6) is 5.75 Å². The van der Waals surface area contributed by atoms with Gasteiger partial charge in [0.2, 0.25) is 11.8 Å². The molecular formula is C19H24N4O6. The number of carbonyl (C=O) groups excluding carboxylic acids is 3. The van der Waals surface area contributed by atoms with Crippen molar-refractivity contribution in [1.29, 1.82) is 0 Å². The number of nitrogens with zero attached hydrogens (tertiary/aromatic N) is 3. The van der Waals surface area contributed by atoms with Gasteiger partial charge in [0.15, 0.2) is 0 Å². The monoisotopic (exact) mass is 404 g/mol. The standard InChI is InChI=1S/C19H24N4O6/c20-17(25)4-2-14-9-23(19(27)29-14)12-1-3-15-16(7-12)28-11-13-8-21(18(26)10-24)5-6-22(13)15/h1,3,7,13-14,24H,2,4-6,8-11H2,(H2,20,25)/t13?,14-/m0/s1. The van der Waals surface area contributed by atoms with Crippen LogP contribution in [0.15, 0.2) is 18.2 Å². The van der Waals surface area contributed by atoms with Gasteiger partial charge in [0.05, 0.1) is 24.0 Å². The highest BCUT2D eigenvalue weighted by molar-refractivity contribution is 5.90. The molecule has 0 bridgehead atoms. The lowest BCUT2D eigenvalue weighted by molar-refractivity contribution is -0.135. The van der Waals surface area contributed by atoms with Crippen molar-refractivity contribution in [1.82, 2.24) is 4.90 Å². The fraction of sp³-hybridized carbons (Fsp3) is 0.526. The Kier molecular flexibility index (Phi) is 5.18. The number of rotatable bonds is 5. The highest BCUT2D eigenvalue weighted by atomic mass is 16.6. The number of anilines is 2. The smallest absolute Gasteiger partial charge is 0.414 e. The Morgan fingerprint density at radius 2 is 2.07 bits per heavy atom. The molecule has 156 valence electrons. The van der Waals surface area contributed by atoms with E-state index in [2.05, 4.69) is 4.90 Å². The van der Waals surface area contributed by atoms with E-state index in [4.69, 9.17) is 20.3 Å². The minimum absolute atomic E-state index is 0.0209. The summed E-state index contributed by atoms with van der Waals surface area (Å²) in [6, 6.07) is 5.58. The van der Waals surface area contributed by atoms with Crippen LogP contribution in [-0.4, -0.2) is 79.5 Å². The molecule has 10 heteroatoms. The lowest BCUT2D eigenvalue weighted by Gasteiger charge is -2.45. The van der Waals surface area contributed by atoms with Gasteiger partial charge in [-0.25, -0.2) is 4.79 Å². The highest BCUT2D eigenvalue weighted by Crippen LogP contribution is 2.39. The van der Waals surface area contributed by atoms with E-state index < -0.39 is 18.6 Å². The fourth-order valence-corrected chi connectivity index (χ4v) is 4.04. The quantitative estimate of drug-likeness (QED) is 0.689. The molecule has 1 aromatic rings. The van der Waals surface area contributed by atoms with Crippen molar-refractivity contribution >= 4 is 29.3 Å². The zero-order chi connectivity index (χ0) is 20.5. The maximum absolute atomic E-state index is 12.2. The molecule has 0 radical (unpaired) electrons. The van der Waals surface area contributed by atoms with E-state index in [1.165, 1.54) is 4.90 Å². The predicted molar refractivity (Wildman–Crippen MR) is 103 cm³/mol. The van der Waals surface area contributed by atoms with Crippen molar-refractivity contribution in [3.8, 4) is 5.75 Å². The predicted octanol–water partition coefficient (Wildman–Crippen LogP) is -0.321. The molecule has 10 nitrogen and oxygen atoms in total. The summed E-state index contributed by atoms with van der Waals surface area (Å²) in [6.07, 6.45) is -0.249. The summed E-state index contributed by atoms with van der Waals surface area (Å²) in [6.45, 7) is 1.97. The molecule has 4 rings (SSSR count). The zero-order valence-corrected chi connectivity index (χ0v) is 16.0. The summed E-state index contributed by atoms with van der Waals surface area (Å²) in [4.78, 5) is 40.3. The summed E-state index contributed by atoms with van der Waals surface area (Å²) in [5.74, 6) is -0.0182. The molecule has 1 aromatic carbocycles. The van der Waals surface area contributed by atoms with Gasteiger partial charge in [0.1, 0.15) is 25.1 Å². The molecule has 29 heavy (non-hydrogen) atoms. The average Bonchev–Trinajstić information content (AvgIpc) is 3.11. The maximum Gasteiger partial charge on any atom is 0.414 e. The summed E-state index contributed by atoms with van der Waals surface area (Å²) in [5, 5.41) is 9.07. The second-order valence-corrected chi connectivity index (χ2v) is 7.43. The molecule has 0 aliphatic carbocycles. The normalized spacial score (nSPS) is 23.2. The van der Waals surface area contributed by atoms with Crippen molar-refractivity contribution in [2.24, 2.45) is 5.73 Å². The summed E-state index contributed by atoms with van der Waals surface area (Å²) >= 11 is 0. The Hall–Kier alpha value is -3.01. The molecular weight excluding hydrogens is 380 g/mol. The number of ether oxygens (including phenoxy) is 2. The van der Waals surface area contributed by atoms with Gasteiger partial charge in [-0.2, -0.15) is 0 Å². The molecule has 2 atom stereocenters. The van der Waals surface area contributed by atoms with E-state index in [1.54, 1.807) is 4.90 Å². The molecule has 3 N–H and O–H groups in total.